The minimum Gasteiger partial charge on any atom is -0.348 e. The molecule has 1 aromatic heterocycles. The molecule has 1 heterocycles. The molecule has 0 saturated heterocycles. The van der Waals surface area contributed by atoms with Crippen molar-refractivity contribution in [2.75, 3.05) is 0 Å². The van der Waals surface area contributed by atoms with E-state index in [4.69, 9.17) is 0 Å². The summed E-state index contributed by atoms with van der Waals surface area (Å²) in [7, 11) is 1.34. The Hall–Kier alpha value is -1.05. The molecule has 0 spiro atoms. The Morgan fingerprint density at radius 1 is 1.39 bits per heavy atom. The van der Waals surface area contributed by atoms with Crippen molar-refractivity contribution in [2.45, 2.75) is 44.8 Å². The average Bonchev–Trinajstić information content (AvgIpc) is 3.12. The van der Waals surface area contributed by atoms with Crippen molar-refractivity contribution in [3.63, 3.8) is 0 Å². The molecular formula is C15H19BrF3N3O. The van der Waals surface area contributed by atoms with Crippen LogP contribution in [0.25, 0.3) is 0 Å². The van der Waals surface area contributed by atoms with Crippen molar-refractivity contribution in [3.05, 3.63) is 15.9 Å². The van der Waals surface area contributed by atoms with Crippen molar-refractivity contribution in [1.82, 2.24) is 15.1 Å². The Balaban J connectivity index is 1.75. The molecule has 0 unspecified atom stereocenters. The Labute approximate surface area is 140 Å². The van der Waals surface area contributed by atoms with Gasteiger partial charge in [0.1, 0.15) is 5.69 Å². The van der Waals surface area contributed by atoms with Gasteiger partial charge in [-0.25, -0.2) is 0 Å². The molecule has 23 heavy (non-hydrogen) atoms. The highest BCUT2D eigenvalue weighted by Gasteiger charge is 2.43. The number of nitrogens with zero attached hydrogens (tertiary/aromatic N) is 2. The monoisotopic (exact) mass is 393 g/mol. The van der Waals surface area contributed by atoms with E-state index in [1.807, 2.05) is 6.92 Å². The molecule has 1 aromatic rings. The molecule has 2 saturated carbocycles. The number of rotatable bonds is 3. The van der Waals surface area contributed by atoms with Gasteiger partial charge in [-0.1, -0.05) is 6.42 Å². The third-order valence-corrected chi connectivity index (χ3v) is 6.02. The highest BCUT2D eigenvalue weighted by atomic mass is 79.9. The minimum absolute atomic E-state index is 0.0473. The molecule has 4 atom stereocenters. The lowest BCUT2D eigenvalue weighted by atomic mass is 9.84. The molecular weight excluding hydrogens is 375 g/mol. The molecule has 8 heteroatoms. The van der Waals surface area contributed by atoms with Crippen LogP contribution in [-0.2, 0) is 13.2 Å². The third-order valence-electron chi connectivity index (χ3n) is 5.27. The topological polar surface area (TPSA) is 46.9 Å². The van der Waals surface area contributed by atoms with Gasteiger partial charge in [0.2, 0.25) is 0 Å². The zero-order valence-electron chi connectivity index (χ0n) is 13.0. The first-order valence-corrected chi connectivity index (χ1v) is 8.58. The van der Waals surface area contributed by atoms with Crippen LogP contribution in [0.1, 0.15) is 48.8 Å². The van der Waals surface area contributed by atoms with Crippen LogP contribution in [0.3, 0.4) is 0 Å². The fourth-order valence-electron chi connectivity index (χ4n) is 4.21. The van der Waals surface area contributed by atoms with Crippen molar-refractivity contribution < 1.29 is 18.0 Å². The van der Waals surface area contributed by atoms with Crippen molar-refractivity contribution >= 4 is 21.8 Å². The molecule has 2 bridgehead atoms. The van der Waals surface area contributed by atoms with Gasteiger partial charge < -0.3 is 5.32 Å². The predicted octanol–water partition coefficient (Wildman–Crippen LogP) is 3.76. The zero-order chi connectivity index (χ0) is 16.9. The number of nitrogens with one attached hydrogen (secondary N) is 1. The lowest BCUT2D eigenvalue weighted by molar-refractivity contribution is -0.142. The fourth-order valence-corrected chi connectivity index (χ4v) is 4.96. The lowest BCUT2D eigenvalue weighted by Gasteiger charge is -2.28. The fraction of sp³-hybridized carbons (Fsp3) is 0.733. The van der Waals surface area contributed by atoms with Crippen molar-refractivity contribution in [2.24, 2.45) is 24.8 Å². The van der Waals surface area contributed by atoms with Gasteiger partial charge in [-0.05, 0) is 59.9 Å². The van der Waals surface area contributed by atoms with Crippen LogP contribution in [0.5, 0.6) is 0 Å². The van der Waals surface area contributed by atoms with Crippen LogP contribution >= 0.6 is 15.9 Å². The summed E-state index contributed by atoms with van der Waals surface area (Å²) in [5.74, 6) is 1.30. The number of amides is 1. The Kier molecular flexibility index (Phi) is 4.23. The third kappa shape index (κ3) is 3.02. The van der Waals surface area contributed by atoms with Crippen molar-refractivity contribution in [1.29, 1.82) is 0 Å². The molecule has 2 aliphatic carbocycles. The van der Waals surface area contributed by atoms with Crippen LogP contribution in [0.15, 0.2) is 4.47 Å². The maximum absolute atomic E-state index is 12.9. The van der Waals surface area contributed by atoms with E-state index in [1.165, 1.54) is 26.3 Å². The predicted molar refractivity (Wildman–Crippen MR) is 81.8 cm³/mol. The molecule has 4 nitrogen and oxygen atoms in total. The van der Waals surface area contributed by atoms with E-state index in [2.05, 4.69) is 26.3 Å². The maximum Gasteiger partial charge on any atom is 0.436 e. The Morgan fingerprint density at radius 3 is 2.57 bits per heavy atom. The van der Waals surface area contributed by atoms with E-state index >= 15 is 0 Å². The second-order valence-corrected chi connectivity index (χ2v) is 7.53. The number of carbonyl (C=O) groups is 1. The molecule has 1 amide bonds. The number of alkyl halides is 3. The van der Waals surface area contributed by atoms with Crippen LogP contribution in [0.2, 0.25) is 0 Å². The zero-order valence-corrected chi connectivity index (χ0v) is 14.5. The van der Waals surface area contributed by atoms with Gasteiger partial charge >= 0.3 is 6.18 Å². The van der Waals surface area contributed by atoms with E-state index in [-0.39, 0.29) is 16.2 Å². The number of carbonyl (C=O) groups excluding carboxylic acids is 1. The largest absolute Gasteiger partial charge is 0.436 e. The van der Waals surface area contributed by atoms with Crippen LogP contribution in [0, 0.1) is 17.8 Å². The van der Waals surface area contributed by atoms with E-state index < -0.39 is 17.8 Å². The van der Waals surface area contributed by atoms with Gasteiger partial charge in [0, 0.05) is 13.1 Å². The summed E-state index contributed by atoms with van der Waals surface area (Å²) in [6.07, 6.45) is 0.198. The Bertz CT molecular complexity index is 628. The number of hydrogen-bond donors (Lipinski definition) is 1. The summed E-state index contributed by atoms with van der Waals surface area (Å²) in [6, 6.07) is -0.0473. The van der Waals surface area contributed by atoms with Crippen LogP contribution in [-0.4, -0.2) is 21.7 Å². The first-order chi connectivity index (χ1) is 10.7. The first kappa shape index (κ1) is 16.8. The van der Waals surface area contributed by atoms with Gasteiger partial charge in [-0.15, -0.1) is 0 Å². The quantitative estimate of drug-likeness (QED) is 0.849. The summed E-state index contributed by atoms with van der Waals surface area (Å²) in [6.45, 7) is 1.94. The summed E-state index contributed by atoms with van der Waals surface area (Å²) in [5.41, 5.74) is -1.16. The molecule has 2 aliphatic rings. The van der Waals surface area contributed by atoms with Gasteiger partial charge in [0.25, 0.3) is 5.91 Å². The van der Waals surface area contributed by atoms with Gasteiger partial charge in [-0.3, -0.25) is 9.48 Å². The second kappa shape index (κ2) is 5.79. The summed E-state index contributed by atoms with van der Waals surface area (Å²) in [5, 5.41) is 6.30. The summed E-state index contributed by atoms with van der Waals surface area (Å²) in [4.78, 5) is 12.4. The molecule has 0 radical (unpaired) electrons. The molecule has 2 fully saturated rings. The summed E-state index contributed by atoms with van der Waals surface area (Å²) >= 11 is 2.88. The first-order valence-electron chi connectivity index (χ1n) is 7.79. The Morgan fingerprint density at radius 2 is 2.09 bits per heavy atom. The number of aryl methyl sites for hydroxylation is 1. The van der Waals surface area contributed by atoms with Gasteiger partial charge in [0.15, 0.2) is 5.69 Å². The summed E-state index contributed by atoms with van der Waals surface area (Å²) < 4.78 is 39.3. The normalized spacial score (nSPS) is 28.2. The van der Waals surface area contributed by atoms with Crippen LogP contribution in [0.4, 0.5) is 13.2 Å². The molecule has 0 aromatic carbocycles. The molecule has 3 rings (SSSR count). The van der Waals surface area contributed by atoms with Crippen LogP contribution < -0.4 is 5.32 Å². The molecule has 1 N–H and O–H groups in total. The highest BCUT2D eigenvalue weighted by molar-refractivity contribution is 9.10. The van der Waals surface area contributed by atoms with E-state index in [0.717, 1.165) is 17.0 Å². The maximum atomic E-state index is 12.9. The highest BCUT2D eigenvalue weighted by Crippen LogP contribution is 2.49. The number of fused-ring (bicyclic) bond motifs is 2. The average molecular weight is 394 g/mol. The van der Waals surface area contributed by atoms with Gasteiger partial charge in [0.05, 0.1) is 4.47 Å². The smallest absolute Gasteiger partial charge is 0.348 e. The minimum atomic E-state index is -4.59. The van der Waals surface area contributed by atoms with Gasteiger partial charge in [-0.2, -0.15) is 18.3 Å². The number of hydrogen-bond acceptors (Lipinski definition) is 2. The molecule has 128 valence electrons. The number of halogens is 4. The SMILES string of the molecule is C[C@H](NC(=O)c1c(Br)c(C(F)(F)F)nn1C)[C@@H]1C[C@H]2CC[C@H]1C2. The molecule has 0 aliphatic heterocycles. The van der Waals surface area contributed by atoms with Crippen molar-refractivity contribution in [3.8, 4) is 0 Å². The van der Waals surface area contributed by atoms with E-state index in [9.17, 15) is 18.0 Å². The van der Waals surface area contributed by atoms with E-state index in [0.29, 0.717) is 11.8 Å². The number of aromatic nitrogens is 2. The second-order valence-electron chi connectivity index (χ2n) is 6.73. The standard InChI is InChI=1S/C15H19BrF3N3O/c1-7(10-6-8-3-4-9(10)5-8)20-14(23)12-11(16)13(15(17,18)19)21-22(12)2/h7-10H,3-6H2,1-2H3,(H,20,23)/t7-,8-,9-,10-/m0/s1. The van der Waals surface area contributed by atoms with E-state index in [1.54, 1.807) is 0 Å². The lowest BCUT2D eigenvalue weighted by Crippen LogP contribution is -2.40.